The second kappa shape index (κ2) is 5.60. The highest BCUT2D eigenvalue weighted by atomic mass is 16.6. The quantitative estimate of drug-likeness (QED) is 0.491. The average Bonchev–Trinajstić information content (AvgIpc) is 2.72. The van der Waals surface area contributed by atoms with Gasteiger partial charge < -0.3 is 10.1 Å². The molecule has 3 rings (SSSR count). The van der Waals surface area contributed by atoms with Crippen molar-refractivity contribution in [1.29, 1.82) is 0 Å². The third kappa shape index (κ3) is 2.57. The van der Waals surface area contributed by atoms with Gasteiger partial charge in [0.15, 0.2) is 0 Å². The topological polar surface area (TPSA) is 38.3 Å². The van der Waals surface area contributed by atoms with E-state index in [1.54, 1.807) is 0 Å². The molecule has 2 saturated carbocycles. The Labute approximate surface area is 127 Å². The number of fused-ring (bicyclic) bond motifs is 2. The van der Waals surface area contributed by atoms with E-state index in [9.17, 15) is 4.79 Å². The molecule has 0 unspecified atom stereocenters. The van der Waals surface area contributed by atoms with Crippen molar-refractivity contribution in [2.45, 2.75) is 45.1 Å². The van der Waals surface area contributed by atoms with Crippen LogP contribution in [0.1, 0.15) is 39.0 Å². The van der Waals surface area contributed by atoms with Crippen LogP contribution >= 0.6 is 0 Å². The van der Waals surface area contributed by atoms with Crippen LogP contribution in [0, 0.1) is 23.2 Å². The lowest BCUT2D eigenvalue weighted by atomic mass is 9.55. The maximum Gasteiger partial charge on any atom is 0.310 e. The molecule has 5 atom stereocenters. The fourth-order valence-corrected chi connectivity index (χ4v) is 4.83. The van der Waals surface area contributed by atoms with Crippen LogP contribution in [0.15, 0.2) is 24.8 Å². The Bertz CT molecular complexity index is 458. The van der Waals surface area contributed by atoms with Crippen LogP contribution < -0.4 is 5.32 Å². The Morgan fingerprint density at radius 1 is 1.52 bits per heavy atom. The molecule has 0 radical (unpaired) electrons. The van der Waals surface area contributed by atoms with Crippen molar-refractivity contribution >= 4 is 5.97 Å². The number of hydrogen-bond acceptors (Lipinski definition) is 3. The summed E-state index contributed by atoms with van der Waals surface area (Å²) in [4.78, 5) is 12.2. The Morgan fingerprint density at radius 2 is 2.33 bits per heavy atom. The van der Waals surface area contributed by atoms with E-state index in [4.69, 9.17) is 4.74 Å². The molecule has 1 aliphatic heterocycles. The van der Waals surface area contributed by atoms with Crippen LogP contribution in [0.4, 0.5) is 0 Å². The third-order valence-electron chi connectivity index (χ3n) is 5.97. The molecule has 0 aromatic carbocycles. The van der Waals surface area contributed by atoms with Crippen molar-refractivity contribution in [2.75, 3.05) is 13.1 Å². The molecule has 0 aromatic rings. The van der Waals surface area contributed by atoms with E-state index in [1.165, 1.54) is 18.4 Å². The van der Waals surface area contributed by atoms with Crippen molar-refractivity contribution < 1.29 is 9.53 Å². The number of allylic oxidation sites excluding steroid dienone is 1. The largest absolute Gasteiger partial charge is 0.462 e. The number of carbonyl (C=O) groups is 1. The van der Waals surface area contributed by atoms with Crippen LogP contribution in [0.2, 0.25) is 0 Å². The summed E-state index contributed by atoms with van der Waals surface area (Å²) in [5.41, 5.74) is 1.69. The van der Waals surface area contributed by atoms with Crippen molar-refractivity contribution in [3.63, 3.8) is 0 Å². The zero-order chi connectivity index (χ0) is 15.0. The van der Waals surface area contributed by atoms with Gasteiger partial charge in [-0.05, 0) is 43.4 Å². The first-order chi connectivity index (χ1) is 10.0. The maximum absolute atomic E-state index is 12.2. The molecule has 0 aromatic heterocycles. The number of esters is 1. The number of nitrogens with one attached hydrogen (secondary N) is 1. The normalized spacial score (nSPS) is 42.1. The minimum atomic E-state index is -0.00517. The summed E-state index contributed by atoms with van der Waals surface area (Å²) in [6.45, 7) is 11.9. The van der Waals surface area contributed by atoms with E-state index >= 15 is 0 Å². The monoisotopic (exact) mass is 289 g/mol. The van der Waals surface area contributed by atoms with E-state index in [0.717, 1.165) is 25.8 Å². The van der Waals surface area contributed by atoms with Crippen LogP contribution in [-0.2, 0) is 9.53 Å². The van der Waals surface area contributed by atoms with Crippen molar-refractivity contribution in [1.82, 2.24) is 5.32 Å². The highest BCUT2D eigenvalue weighted by Gasteiger charge is 2.54. The van der Waals surface area contributed by atoms with Crippen LogP contribution in [0.3, 0.4) is 0 Å². The van der Waals surface area contributed by atoms with Gasteiger partial charge >= 0.3 is 5.97 Å². The average molecular weight is 289 g/mol. The summed E-state index contributed by atoms with van der Waals surface area (Å²) in [6, 6.07) is 0. The number of rotatable bonds is 4. The van der Waals surface area contributed by atoms with Crippen molar-refractivity contribution in [3.8, 4) is 0 Å². The molecular weight excluding hydrogens is 262 g/mol. The van der Waals surface area contributed by atoms with E-state index in [1.807, 2.05) is 6.08 Å². The van der Waals surface area contributed by atoms with Gasteiger partial charge in [0, 0.05) is 19.0 Å². The highest BCUT2D eigenvalue weighted by Crippen LogP contribution is 2.56. The fraction of sp³-hybridized carbons (Fsp3) is 0.722. The van der Waals surface area contributed by atoms with Gasteiger partial charge in [0.1, 0.15) is 6.10 Å². The Hall–Kier alpha value is -1.09. The molecule has 0 bridgehead atoms. The lowest BCUT2D eigenvalue weighted by Gasteiger charge is -2.50. The minimum Gasteiger partial charge on any atom is -0.462 e. The fourth-order valence-electron chi connectivity index (χ4n) is 4.83. The first-order valence-corrected chi connectivity index (χ1v) is 8.25. The smallest absolute Gasteiger partial charge is 0.310 e. The molecule has 0 spiro atoms. The predicted octanol–water partition coefficient (Wildman–Crippen LogP) is 3.08. The number of carbonyl (C=O) groups excluding carboxylic acids is 1. The second-order valence-electron chi connectivity index (χ2n) is 7.35. The number of hydrogen-bond donors (Lipinski definition) is 1. The lowest BCUT2D eigenvalue weighted by molar-refractivity contribution is -0.146. The standard InChI is InChI=1S/C18H27NO2/c1-4-8-19-11-14-13-9-15-12(2)6-5-7-18(15,3)10-16(13)21-17(14)20/h4,13-16,19H,1-2,5-11H2,3H3/t13-,14+,15+,16-,18-/m1/s1. The summed E-state index contributed by atoms with van der Waals surface area (Å²) < 4.78 is 5.72. The molecule has 1 heterocycles. The number of ether oxygens (including phenoxy) is 1. The predicted molar refractivity (Wildman–Crippen MR) is 83.7 cm³/mol. The van der Waals surface area contributed by atoms with Gasteiger partial charge in [-0.3, -0.25) is 4.79 Å². The zero-order valence-electron chi connectivity index (χ0n) is 13.1. The summed E-state index contributed by atoms with van der Waals surface area (Å²) in [6.07, 6.45) is 7.69. The first-order valence-electron chi connectivity index (χ1n) is 8.25. The molecule has 0 amide bonds. The molecule has 3 fully saturated rings. The van der Waals surface area contributed by atoms with Crippen LogP contribution in [-0.4, -0.2) is 25.2 Å². The summed E-state index contributed by atoms with van der Waals surface area (Å²) in [7, 11) is 0. The Morgan fingerprint density at radius 3 is 3.10 bits per heavy atom. The lowest BCUT2D eigenvalue weighted by Crippen LogP contribution is -2.45. The van der Waals surface area contributed by atoms with Gasteiger partial charge in [-0.25, -0.2) is 0 Å². The third-order valence-corrected chi connectivity index (χ3v) is 5.97. The Kier molecular flexibility index (Phi) is 3.96. The van der Waals surface area contributed by atoms with Gasteiger partial charge in [0.2, 0.25) is 0 Å². The maximum atomic E-state index is 12.2. The van der Waals surface area contributed by atoms with E-state index < -0.39 is 0 Å². The van der Waals surface area contributed by atoms with Gasteiger partial charge in [-0.1, -0.05) is 25.2 Å². The van der Waals surface area contributed by atoms with E-state index in [2.05, 4.69) is 25.4 Å². The zero-order valence-corrected chi connectivity index (χ0v) is 13.1. The molecule has 1 saturated heterocycles. The summed E-state index contributed by atoms with van der Waals surface area (Å²) >= 11 is 0. The first kappa shape index (κ1) is 14.8. The minimum absolute atomic E-state index is 0.00517. The van der Waals surface area contributed by atoms with Crippen LogP contribution in [0.25, 0.3) is 0 Å². The van der Waals surface area contributed by atoms with Crippen LogP contribution in [0.5, 0.6) is 0 Å². The van der Waals surface area contributed by atoms with E-state index in [0.29, 0.717) is 23.8 Å². The Balaban J connectivity index is 1.75. The van der Waals surface area contributed by atoms with Gasteiger partial charge in [-0.15, -0.1) is 6.58 Å². The molecule has 1 N–H and O–H groups in total. The molecule has 21 heavy (non-hydrogen) atoms. The SMILES string of the molecule is C=CCNC[C@@H]1C(=O)O[C@@H]2C[C@@]3(C)CCCC(=C)[C@@H]3C[C@H]12. The molecule has 3 aliphatic rings. The van der Waals surface area contributed by atoms with Gasteiger partial charge in [-0.2, -0.15) is 0 Å². The second-order valence-corrected chi connectivity index (χ2v) is 7.35. The van der Waals surface area contributed by atoms with Crippen molar-refractivity contribution in [2.24, 2.45) is 23.2 Å². The molecule has 3 nitrogen and oxygen atoms in total. The molecule has 116 valence electrons. The summed E-state index contributed by atoms with van der Waals surface area (Å²) in [5.74, 6) is 0.940. The highest BCUT2D eigenvalue weighted by molar-refractivity contribution is 5.75. The van der Waals surface area contributed by atoms with E-state index in [-0.39, 0.29) is 18.0 Å². The van der Waals surface area contributed by atoms with Crippen molar-refractivity contribution in [3.05, 3.63) is 24.8 Å². The van der Waals surface area contributed by atoms with Gasteiger partial charge in [0.05, 0.1) is 5.92 Å². The molecule has 3 heteroatoms. The molecule has 2 aliphatic carbocycles. The summed E-state index contributed by atoms with van der Waals surface area (Å²) in [5, 5.41) is 3.29. The van der Waals surface area contributed by atoms with Gasteiger partial charge in [0.25, 0.3) is 0 Å². The molecular formula is C18H27NO2.